The normalized spacial score (nSPS) is 21.0. The Morgan fingerprint density at radius 1 is 1.07 bits per heavy atom. The van der Waals surface area contributed by atoms with E-state index in [1.165, 1.54) is 18.1 Å². The van der Waals surface area contributed by atoms with Crippen molar-refractivity contribution in [3.05, 3.63) is 42.2 Å². The molecule has 1 aromatic heterocycles. The second kappa shape index (κ2) is 8.05. The molecule has 0 amide bonds. The number of nitrogens with zero attached hydrogens (tertiary/aromatic N) is 4. The van der Waals surface area contributed by atoms with E-state index in [0.29, 0.717) is 11.6 Å². The Balaban J connectivity index is 1.55. The quantitative estimate of drug-likeness (QED) is 0.835. The first kappa shape index (κ1) is 19.1. The van der Waals surface area contributed by atoms with Gasteiger partial charge in [0.05, 0.1) is 11.9 Å². The molecule has 7 nitrogen and oxygen atoms in total. The van der Waals surface area contributed by atoms with Crippen LogP contribution in [0.1, 0.15) is 24.5 Å². The molecule has 2 fully saturated rings. The van der Waals surface area contributed by atoms with Crippen LogP contribution in [0, 0.1) is 0 Å². The van der Waals surface area contributed by atoms with Gasteiger partial charge in [0.25, 0.3) is 0 Å². The third kappa shape index (κ3) is 4.12. The van der Waals surface area contributed by atoms with Crippen LogP contribution in [-0.2, 0) is 9.84 Å². The van der Waals surface area contributed by atoms with Gasteiger partial charge in [-0.3, -0.25) is 0 Å². The molecule has 4 rings (SSSR count). The first-order valence-electron chi connectivity index (χ1n) is 9.85. The van der Waals surface area contributed by atoms with E-state index in [1.54, 1.807) is 0 Å². The Morgan fingerprint density at radius 3 is 2.43 bits per heavy atom. The number of piperazine rings is 1. The van der Waals surface area contributed by atoms with Crippen molar-refractivity contribution in [1.82, 2.24) is 15.3 Å². The van der Waals surface area contributed by atoms with E-state index >= 15 is 0 Å². The fourth-order valence-electron chi connectivity index (χ4n) is 3.99. The van der Waals surface area contributed by atoms with Gasteiger partial charge in [-0.1, -0.05) is 18.2 Å². The molecule has 0 aliphatic carbocycles. The zero-order chi connectivity index (χ0) is 19.6. The van der Waals surface area contributed by atoms with Crippen LogP contribution >= 0.6 is 0 Å². The zero-order valence-electron chi connectivity index (χ0n) is 16.2. The van der Waals surface area contributed by atoms with E-state index in [-0.39, 0.29) is 10.8 Å². The molecule has 0 radical (unpaired) electrons. The first-order chi connectivity index (χ1) is 13.5. The second-order valence-electron chi connectivity index (χ2n) is 7.54. The van der Waals surface area contributed by atoms with E-state index in [0.717, 1.165) is 52.1 Å². The summed E-state index contributed by atoms with van der Waals surface area (Å²) >= 11 is 0. The summed E-state index contributed by atoms with van der Waals surface area (Å²) in [5.74, 6) is 0.756. The molecule has 1 atom stereocenters. The Kier molecular flexibility index (Phi) is 5.50. The summed E-state index contributed by atoms with van der Waals surface area (Å²) < 4.78 is 24.5. The lowest BCUT2D eigenvalue weighted by molar-refractivity contribution is 0.447. The number of hydrogen-bond donors (Lipinski definition) is 1. The SMILES string of the molecule is CS(=O)(=O)c1cnc(N2CCN(c3ccccc3)CC2)nc1[C@H]1CCCNC1. The van der Waals surface area contributed by atoms with Gasteiger partial charge in [0.15, 0.2) is 9.84 Å². The number of benzene rings is 1. The predicted octanol–water partition coefficient (Wildman–Crippen LogP) is 1.67. The first-order valence-corrected chi connectivity index (χ1v) is 11.7. The molecule has 2 saturated heterocycles. The molecule has 2 aliphatic heterocycles. The molecule has 28 heavy (non-hydrogen) atoms. The van der Waals surface area contributed by atoms with Crippen molar-refractivity contribution in [3.8, 4) is 0 Å². The lowest BCUT2D eigenvalue weighted by Gasteiger charge is -2.36. The maximum absolute atomic E-state index is 12.3. The number of sulfone groups is 1. The molecule has 2 aliphatic rings. The molecule has 150 valence electrons. The van der Waals surface area contributed by atoms with Gasteiger partial charge in [-0.15, -0.1) is 0 Å². The highest BCUT2D eigenvalue weighted by atomic mass is 32.2. The molecular weight excluding hydrogens is 374 g/mol. The van der Waals surface area contributed by atoms with Gasteiger partial charge >= 0.3 is 0 Å². The molecule has 1 N–H and O–H groups in total. The summed E-state index contributed by atoms with van der Waals surface area (Å²) in [6, 6.07) is 10.4. The average Bonchev–Trinajstić information content (AvgIpc) is 2.74. The maximum atomic E-state index is 12.3. The van der Waals surface area contributed by atoms with Crippen LogP contribution in [0.3, 0.4) is 0 Å². The largest absolute Gasteiger partial charge is 0.368 e. The molecule has 0 spiro atoms. The Hall–Kier alpha value is -2.19. The minimum Gasteiger partial charge on any atom is -0.368 e. The van der Waals surface area contributed by atoms with Crippen LogP contribution in [0.15, 0.2) is 41.4 Å². The van der Waals surface area contributed by atoms with E-state index in [2.05, 4.69) is 44.4 Å². The van der Waals surface area contributed by atoms with Crippen molar-refractivity contribution in [1.29, 1.82) is 0 Å². The molecule has 0 saturated carbocycles. The number of piperidine rings is 1. The van der Waals surface area contributed by atoms with Crippen LogP contribution in [0.5, 0.6) is 0 Å². The second-order valence-corrected chi connectivity index (χ2v) is 9.53. The smallest absolute Gasteiger partial charge is 0.225 e. The minimum absolute atomic E-state index is 0.117. The zero-order valence-corrected chi connectivity index (χ0v) is 17.0. The lowest BCUT2D eigenvalue weighted by Crippen LogP contribution is -2.47. The van der Waals surface area contributed by atoms with Crippen molar-refractivity contribution < 1.29 is 8.42 Å². The topological polar surface area (TPSA) is 78.4 Å². The summed E-state index contributed by atoms with van der Waals surface area (Å²) in [4.78, 5) is 14.0. The van der Waals surface area contributed by atoms with Crippen molar-refractivity contribution in [2.45, 2.75) is 23.7 Å². The van der Waals surface area contributed by atoms with Crippen LogP contribution in [0.4, 0.5) is 11.6 Å². The molecular formula is C20H27N5O2S. The standard InChI is InChI=1S/C20H27N5O2S/c1-28(26,27)18-15-22-20(23-19(18)16-6-5-9-21-14-16)25-12-10-24(11-13-25)17-7-3-2-4-8-17/h2-4,7-8,15-16,21H,5-6,9-14H2,1H3/t16-/m0/s1. The van der Waals surface area contributed by atoms with E-state index in [1.807, 2.05) is 6.07 Å². The van der Waals surface area contributed by atoms with E-state index in [4.69, 9.17) is 4.98 Å². The Bertz CT molecular complexity index is 905. The molecule has 3 heterocycles. The van der Waals surface area contributed by atoms with Crippen LogP contribution in [0.25, 0.3) is 0 Å². The number of aromatic nitrogens is 2. The van der Waals surface area contributed by atoms with Crippen molar-refractivity contribution in [3.63, 3.8) is 0 Å². The Morgan fingerprint density at radius 2 is 1.79 bits per heavy atom. The molecule has 8 heteroatoms. The highest BCUT2D eigenvalue weighted by Crippen LogP contribution is 2.29. The summed E-state index contributed by atoms with van der Waals surface area (Å²) in [7, 11) is -3.35. The van der Waals surface area contributed by atoms with Crippen molar-refractivity contribution in [2.75, 3.05) is 55.3 Å². The van der Waals surface area contributed by atoms with E-state index in [9.17, 15) is 8.42 Å². The Labute approximate surface area is 166 Å². The summed E-state index contributed by atoms with van der Waals surface area (Å²) in [6.07, 6.45) is 4.73. The molecule has 0 unspecified atom stereocenters. The fraction of sp³-hybridized carbons (Fsp3) is 0.500. The highest BCUT2D eigenvalue weighted by molar-refractivity contribution is 7.90. The van der Waals surface area contributed by atoms with Gasteiger partial charge < -0.3 is 15.1 Å². The highest BCUT2D eigenvalue weighted by Gasteiger charge is 2.27. The lowest BCUT2D eigenvalue weighted by atomic mass is 9.96. The van der Waals surface area contributed by atoms with Crippen LogP contribution in [0.2, 0.25) is 0 Å². The molecule has 1 aromatic carbocycles. The number of rotatable bonds is 4. The van der Waals surface area contributed by atoms with Gasteiger partial charge in [-0.05, 0) is 31.5 Å². The fourth-order valence-corrected chi connectivity index (χ4v) is 4.83. The maximum Gasteiger partial charge on any atom is 0.225 e. The monoisotopic (exact) mass is 401 g/mol. The van der Waals surface area contributed by atoms with E-state index < -0.39 is 9.84 Å². The van der Waals surface area contributed by atoms with Gasteiger partial charge in [0.2, 0.25) is 5.95 Å². The number of nitrogens with one attached hydrogen (secondary N) is 1. The van der Waals surface area contributed by atoms with Crippen molar-refractivity contribution >= 4 is 21.5 Å². The minimum atomic E-state index is -3.35. The van der Waals surface area contributed by atoms with Crippen molar-refractivity contribution in [2.24, 2.45) is 0 Å². The average molecular weight is 402 g/mol. The summed E-state index contributed by atoms with van der Waals surface area (Å²) in [6.45, 7) is 5.15. The van der Waals surface area contributed by atoms with Gasteiger partial charge in [-0.25, -0.2) is 18.4 Å². The third-order valence-corrected chi connectivity index (χ3v) is 6.65. The molecule has 0 bridgehead atoms. The number of anilines is 2. The summed E-state index contributed by atoms with van der Waals surface area (Å²) in [5.41, 5.74) is 1.90. The van der Waals surface area contributed by atoms with Gasteiger partial charge in [0.1, 0.15) is 4.90 Å². The third-order valence-electron chi connectivity index (χ3n) is 5.54. The number of hydrogen-bond acceptors (Lipinski definition) is 7. The van der Waals surface area contributed by atoms with Crippen LogP contribution in [-0.4, -0.2) is 63.9 Å². The summed E-state index contributed by atoms with van der Waals surface area (Å²) in [5, 5.41) is 3.36. The predicted molar refractivity (Wildman–Crippen MR) is 111 cm³/mol. The van der Waals surface area contributed by atoms with Gasteiger partial charge in [0, 0.05) is 50.6 Å². The van der Waals surface area contributed by atoms with Gasteiger partial charge in [-0.2, -0.15) is 0 Å². The number of para-hydroxylation sites is 1. The van der Waals surface area contributed by atoms with Crippen LogP contribution < -0.4 is 15.1 Å². The molecule has 2 aromatic rings.